The van der Waals surface area contributed by atoms with Crippen LogP contribution in [-0.2, 0) is 16.0 Å². The van der Waals surface area contributed by atoms with E-state index in [1.807, 2.05) is 12.1 Å². The Morgan fingerprint density at radius 3 is 2.76 bits per heavy atom. The SMILES string of the molecule is CCC1c2[nH]c3ccccc3c2C[C@H]2C(=O)N(C)C(=O)[C@@H]12. The van der Waals surface area contributed by atoms with Crippen molar-refractivity contribution in [3.63, 3.8) is 0 Å². The molecule has 1 N–H and O–H groups in total. The van der Waals surface area contributed by atoms with Crippen molar-refractivity contribution in [2.45, 2.75) is 25.7 Å². The van der Waals surface area contributed by atoms with Crippen LogP contribution in [0.1, 0.15) is 30.5 Å². The van der Waals surface area contributed by atoms with Gasteiger partial charge in [0.2, 0.25) is 11.8 Å². The average molecular weight is 282 g/mol. The first-order valence-corrected chi connectivity index (χ1v) is 7.54. The number of hydrogen-bond acceptors (Lipinski definition) is 2. The number of carbonyl (C=O) groups is 2. The number of likely N-dealkylation sites (tertiary alicyclic amines) is 1. The zero-order valence-electron chi connectivity index (χ0n) is 12.2. The Balaban J connectivity index is 1.93. The maximum Gasteiger partial charge on any atom is 0.233 e. The number of rotatable bonds is 1. The molecule has 1 saturated heterocycles. The molecule has 3 atom stereocenters. The predicted molar refractivity (Wildman–Crippen MR) is 79.8 cm³/mol. The normalized spacial score (nSPS) is 28.1. The van der Waals surface area contributed by atoms with E-state index in [0.717, 1.165) is 17.6 Å². The Morgan fingerprint density at radius 1 is 1.24 bits per heavy atom. The van der Waals surface area contributed by atoms with Gasteiger partial charge in [-0.2, -0.15) is 0 Å². The molecule has 0 spiro atoms. The van der Waals surface area contributed by atoms with Gasteiger partial charge in [0.25, 0.3) is 0 Å². The third-order valence-electron chi connectivity index (χ3n) is 5.21. The fourth-order valence-corrected chi connectivity index (χ4v) is 4.19. The Hall–Kier alpha value is -2.10. The minimum absolute atomic E-state index is 0.0128. The zero-order valence-corrected chi connectivity index (χ0v) is 12.2. The van der Waals surface area contributed by atoms with Crippen molar-refractivity contribution in [3.05, 3.63) is 35.5 Å². The highest BCUT2D eigenvalue weighted by Gasteiger charge is 2.52. The van der Waals surface area contributed by atoms with Gasteiger partial charge in [0, 0.05) is 29.6 Å². The number of nitrogens with zero attached hydrogens (tertiary/aromatic N) is 1. The summed E-state index contributed by atoms with van der Waals surface area (Å²) in [6.07, 6.45) is 1.54. The van der Waals surface area contributed by atoms with Crippen molar-refractivity contribution in [1.29, 1.82) is 0 Å². The van der Waals surface area contributed by atoms with E-state index in [2.05, 4.69) is 24.0 Å². The van der Waals surface area contributed by atoms with Gasteiger partial charge in [-0.1, -0.05) is 25.1 Å². The first-order chi connectivity index (χ1) is 10.1. The van der Waals surface area contributed by atoms with E-state index >= 15 is 0 Å². The van der Waals surface area contributed by atoms with E-state index < -0.39 is 0 Å². The highest BCUT2D eigenvalue weighted by Crippen LogP contribution is 2.47. The van der Waals surface area contributed by atoms with E-state index in [-0.39, 0.29) is 29.6 Å². The summed E-state index contributed by atoms with van der Waals surface area (Å²) >= 11 is 0. The molecule has 21 heavy (non-hydrogen) atoms. The molecule has 0 saturated carbocycles. The molecule has 1 fully saturated rings. The van der Waals surface area contributed by atoms with Crippen LogP contribution < -0.4 is 0 Å². The quantitative estimate of drug-likeness (QED) is 0.817. The first-order valence-electron chi connectivity index (χ1n) is 7.54. The second-order valence-corrected chi connectivity index (χ2v) is 6.15. The van der Waals surface area contributed by atoms with Crippen molar-refractivity contribution in [2.24, 2.45) is 11.8 Å². The van der Waals surface area contributed by atoms with Crippen LogP contribution in [0.3, 0.4) is 0 Å². The van der Waals surface area contributed by atoms with Gasteiger partial charge in [0.15, 0.2) is 0 Å². The number of fused-ring (bicyclic) bond motifs is 4. The largest absolute Gasteiger partial charge is 0.358 e. The summed E-state index contributed by atoms with van der Waals surface area (Å²) in [4.78, 5) is 29.6. The number of carbonyl (C=O) groups excluding carboxylic acids is 2. The molecule has 4 rings (SSSR count). The molecule has 2 heterocycles. The molecule has 4 heteroatoms. The second kappa shape index (κ2) is 4.20. The van der Waals surface area contributed by atoms with Gasteiger partial charge in [-0.3, -0.25) is 14.5 Å². The molecule has 2 aliphatic rings. The molecule has 1 aromatic heterocycles. The number of aromatic amines is 1. The molecular formula is C17H18N2O2. The fourth-order valence-electron chi connectivity index (χ4n) is 4.19. The van der Waals surface area contributed by atoms with Gasteiger partial charge in [-0.15, -0.1) is 0 Å². The van der Waals surface area contributed by atoms with Crippen LogP contribution >= 0.6 is 0 Å². The Morgan fingerprint density at radius 2 is 2.00 bits per heavy atom. The lowest BCUT2D eigenvalue weighted by Crippen LogP contribution is -2.31. The second-order valence-electron chi connectivity index (χ2n) is 6.15. The predicted octanol–water partition coefficient (Wildman–Crippen LogP) is 2.45. The summed E-state index contributed by atoms with van der Waals surface area (Å²) < 4.78 is 0. The summed E-state index contributed by atoms with van der Waals surface area (Å²) in [6.45, 7) is 2.10. The topological polar surface area (TPSA) is 53.2 Å². The highest BCUT2D eigenvalue weighted by molar-refractivity contribution is 6.06. The van der Waals surface area contributed by atoms with Gasteiger partial charge in [0.05, 0.1) is 11.8 Å². The zero-order chi connectivity index (χ0) is 14.7. The van der Waals surface area contributed by atoms with E-state index in [0.29, 0.717) is 6.42 Å². The standard InChI is InChI=1S/C17H18N2O2/c1-3-9-14-12(16(20)19(2)17(14)21)8-11-10-6-4-5-7-13(10)18-15(9)11/h4-7,9,12,14,18H,3,8H2,1-2H3/t9?,12-,14+/m1/s1. The average Bonchev–Trinajstić information content (AvgIpc) is 2.98. The molecule has 4 nitrogen and oxygen atoms in total. The molecule has 2 amide bonds. The molecule has 1 aromatic carbocycles. The maximum absolute atomic E-state index is 12.4. The Labute approximate surface area is 123 Å². The molecule has 1 aliphatic carbocycles. The smallest absolute Gasteiger partial charge is 0.233 e. The van der Waals surface area contributed by atoms with E-state index in [4.69, 9.17) is 0 Å². The van der Waals surface area contributed by atoms with Gasteiger partial charge in [-0.25, -0.2) is 0 Å². The summed E-state index contributed by atoms with van der Waals surface area (Å²) in [7, 11) is 1.61. The highest BCUT2D eigenvalue weighted by atomic mass is 16.2. The van der Waals surface area contributed by atoms with Crippen molar-refractivity contribution >= 4 is 22.7 Å². The number of amides is 2. The summed E-state index contributed by atoms with van der Waals surface area (Å²) in [5.74, 6) is -0.277. The lowest BCUT2D eigenvalue weighted by molar-refractivity contribution is -0.138. The van der Waals surface area contributed by atoms with Crippen LogP contribution in [0.5, 0.6) is 0 Å². The molecule has 108 valence electrons. The van der Waals surface area contributed by atoms with Crippen molar-refractivity contribution in [1.82, 2.24) is 9.88 Å². The van der Waals surface area contributed by atoms with E-state index in [9.17, 15) is 9.59 Å². The van der Waals surface area contributed by atoms with Crippen molar-refractivity contribution < 1.29 is 9.59 Å². The number of benzene rings is 1. The molecule has 1 unspecified atom stereocenters. The van der Waals surface area contributed by atoms with E-state index in [1.165, 1.54) is 15.8 Å². The van der Waals surface area contributed by atoms with Gasteiger partial charge < -0.3 is 4.98 Å². The number of H-pyrrole nitrogens is 1. The third kappa shape index (κ3) is 1.50. The third-order valence-corrected chi connectivity index (χ3v) is 5.21. The number of hydrogen-bond donors (Lipinski definition) is 1. The minimum atomic E-state index is -0.187. The molecule has 1 aliphatic heterocycles. The summed E-state index contributed by atoms with van der Waals surface area (Å²) in [5, 5.41) is 1.19. The van der Waals surface area contributed by atoms with Crippen LogP contribution in [0.4, 0.5) is 0 Å². The number of nitrogens with one attached hydrogen (secondary N) is 1. The number of imide groups is 1. The van der Waals surface area contributed by atoms with Crippen LogP contribution in [0.15, 0.2) is 24.3 Å². The number of aromatic nitrogens is 1. The lowest BCUT2D eigenvalue weighted by atomic mass is 9.71. The monoisotopic (exact) mass is 282 g/mol. The molecule has 0 bridgehead atoms. The van der Waals surface area contributed by atoms with E-state index in [1.54, 1.807) is 7.05 Å². The van der Waals surface area contributed by atoms with Crippen LogP contribution in [0.2, 0.25) is 0 Å². The molecule has 0 radical (unpaired) electrons. The fraction of sp³-hybridized carbons (Fsp3) is 0.412. The van der Waals surface area contributed by atoms with Gasteiger partial charge in [-0.05, 0) is 24.5 Å². The summed E-state index contributed by atoms with van der Waals surface area (Å²) in [5.41, 5.74) is 3.50. The lowest BCUT2D eigenvalue weighted by Gasteiger charge is -2.30. The Bertz CT molecular complexity index is 761. The van der Waals surface area contributed by atoms with Gasteiger partial charge in [0.1, 0.15) is 0 Å². The summed E-state index contributed by atoms with van der Waals surface area (Å²) in [6, 6.07) is 8.20. The van der Waals surface area contributed by atoms with Crippen LogP contribution in [0, 0.1) is 11.8 Å². The van der Waals surface area contributed by atoms with Crippen LogP contribution in [-0.4, -0.2) is 28.7 Å². The first kappa shape index (κ1) is 12.6. The van der Waals surface area contributed by atoms with Crippen molar-refractivity contribution in [2.75, 3.05) is 7.05 Å². The van der Waals surface area contributed by atoms with Crippen molar-refractivity contribution in [3.8, 4) is 0 Å². The molecule has 2 aromatic rings. The van der Waals surface area contributed by atoms with Gasteiger partial charge >= 0.3 is 0 Å². The number of para-hydroxylation sites is 1. The van der Waals surface area contributed by atoms with Crippen LogP contribution in [0.25, 0.3) is 10.9 Å². The molecular weight excluding hydrogens is 264 g/mol. The maximum atomic E-state index is 12.4. The Kier molecular flexibility index (Phi) is 2.52. The minimum Gasteiger partial charge on any atom is -0.358 e.